The van der Waals surface area contributed by atoms with Gasteiger partial charge in [-0.05, 0) is 36.8 Å². The number of nitrogens with one attached hydrogen (secondary N) is 2. The summed E-state index contributed by atoms with van der Waals surface area (Å²) in [6, 6.07) is 1.42. The molecule has 1 rings (SSSR count). The topological polar surface area (TPSA) is 142 Å². The predicted molar refractivity (Wildman–Crippen MR) is 85.8 cm³/mol. The van der Waals surface area contributed by atoms with Crippen molar-refractivity contribution in [3.05, 3.63) is 22.7 Å². The Morgan fingerprint density at radius 3 is 2.59 bits per heavy atom. The minimum absolute atomic E-state index is 0.0258. The summed E-state index contributed by atoms with van der Waals surface area (Å²) in [7, 11) is -4.44. The Balaban J connectivity index is 2.89. The van der Waals surface area contributed by atoms with Crippen LogP contribution < -0.4 is 16.4 Å². The fourth-order valence-electron chi connectivity index (χ4n) is 1.46. The highest BCUT2D eigenvalue weighted by Gasteiger charge is 2.17. The van der Waals surface area contributed by atoms with E-state index in [1.54, 1.807) is 0 Å². The molecule has 0 aliphatic carbocycles. The minimum atomic E-state index is -4.44. The second-order valence-corrected chi connectivity index (χ2v) is 6.54. The average molecular weight is 368 g/mol. The van der Waals surface area contributed by atoms with Crippen LogP contribution in [0.5, 0.6) is 0 Å². The van der Waals surface area contributed by atoms with Crippen LogP contribution in [0.3, 0.4) is 0 Å². The summed E-state index contributed by atoms with van der Waals surface area (Å²) in [5.74, 6) is -1.19. The van der Waals surface area contributed by atoms with E-state index in [0.717, 1.165) is 6.07 Å². The van der Waals surface area contributed by atoms with Gasteiger partial charge in [-0.25, -0.2) is 0 Å². The summed E-state index contributed by atoms with van der Waals surface area (Å²) in [5, 5.41) is 14.0. The molecule has 0 amide bonds. The predicted octanol–water partition coefficient (Wildman–Crippen LogP) is 0.593. The molecule has 0 bridgehead atoms. The van der Waals surface area contributed by atoms with Crippen molar-refractivity contribution in [2.45, 2.75) is 17.9 Å². The molecule has 22 heavy (non-hydrogen) atoms. The summed E-state index contributed by atoms with van der Waals surface area (Å²) in [6.07, 6.45) is 0. The van der Waals surface area contributed by atoms with Gasteiger partial charge in [0.25, 0.3) is 10.1 Å². The molecule has 6 N–H and O–H groups in total. The number of benzene rings is 1. The van der Waals surface area contributed by atoms with Gasteiger partial charge in [0, 0.05) is 17.3 Å². The van der Waals surface area contributed by atoms with Crippen LogP contribution in [0, 0.1) is 6.92 Å². The van der Waals surface area contributed by atoms with Crippen molar-refractivity contribution >= 4 is 50.7 Å². The van der Waals surface area contributed by atoms with Crippen molar-refractivity contribution in [1.82, 2.24) is 5.32 Å². The maximum atomic E-state index is 11.3. The average Bonchev–Trinajstić information content (AvgIpc) is 2.38. The summed E-state index contributed by atoms with van der Waals surface area (Å²) in [4.78, 5) is 10.2. The molecule has 0 aromatic heterocycles. The Morgan fingerprint density at radius 2 is 2.09 bits per heavy atom. The Morgan fingerprint density at radius 1 is 1.50 bits per heavy atom. The zero-order valence-corrected chi connectivity index (χ0v) is 13.7. The number of hydrogen-bond donors (Lipinski definition) is 5. The second-order valence-electron chi connectivity index (χ2n) is 4.34. The number of carbonyl (C=O) groups is 1. The van der Waals surface area contributed by atoms with Crippen LogP contribution in [0.25, 0.3) is 0 Å². The zero-order chi connectivity index (χ0) is 17.1. The maximum absolute atomic E-state index is 11.3. The first-order valence-electron chi connectivity index (χ1n) is 5.83. The zero-order valence-electron chi connectivity index (χ0n) is 11.3. The van der Waals surface area contributed by atoms with E-state index in [4.69, 9.17) is 39.2 Å². The number of hydrogen-bond acceptors (Lipinski definition) is 5. The van der Waals surface area contributed by atoms with Crippen LogP contribution in [-0.4, -0.2) is 41.7 Å². The lowest BCUT2D eigenvalue weighted by Gasteiger charge is -2.14. The highest BCUT2D eigenvalue weighted by molar-refractivity contribution is 7.86. The van der Waals surface area contributed by atoms with Crippen molar-refractivity contribution in [1.29, 1.82) is 0 Å². The van der Waals surface area contributed by atoms with Crippen molar-refractivity contribution < 1.29 is 22.9 Å². The number of rotatable bonds is 5. The van der Waals surface area contributed by atoms with Crippen LogP contribution in [0.4, 0.5) is 5.69 Å². The van der Waals surface area contributed by atoms with Gasteiger partial charge in [0.1, 0.15) is 10.9 Å². The second kappa shape index (κ2) is 7.20. The quantitative estimate of drug-likeness (QED) is 0.373. The summed E-state index contributed by atoms with van der Waals surface area (Å²) in [6.45, 7) is 1.32. The molecule has 0 saturated carbocycles. The van der Waals surface area contributed by atoms with Gasteiger partial charge in [0.15, 0.2) is 5.11 Å². The third-order valence-electron chi connectivity index (χ3n) is 2.63. The van der Waals surface area contributed by atoms with Crippen LogP contribution in [0.15, 0.2) is 17.0 Å². The van der Waals surface area contributed by atoms with Crippen LogP contribution >= 0.6 is 23.8 Å². The number of aliphatic carboxylic acids is 1. The van der Waals surface area contributed by atoms with Crippen LogP contribution in [0.1, 0.15) is 5.56 Å². The Labute approximate surface area is 137 Å². The normalized spacial score (nSPS) is 12.5. The molecule has 1 aromatic rings. The largest absolute Gasteiger partial charge is 0.480 e. The number of nitrogens with two attached hydrogens (primary N) is 1. The van der Waals surface area contributed by atoms with Crippen LogP contribution in [0.2, 0.25) is 5.02 Å². The molecule has 1 aromatic carbocycles. The first-order valence-corrected chi connectivity index (χ1v) is 8.06. The third kappa shape index (κ3) is 5.07. The van der Waals surface area contributed by atoms with E-state index in [2.05, 4.69) is 10.6 Å². The highest BCUT2D eigenvalue weighted by atomic mass is 35.5. The molecule has 0 saturated heterocycles. The van der Waals surface area contributed by atoms with Crippen molar-refractivity contribution in [2.75, 3.05) is 11.9 Å². The number of thiocarbonyl (C=S) groups is 1. The van der Waals surface area contributed by atoms with Crippen molar-refractivity contribution in [2.24, 2.45) is 5.73 Å². The molecule has 11 heteroatoms. The van der Waals surface area contributed by atoms with E-state index in [9.17, 15) is 13.2 Å². The molecule has 8 nitrogen and oxygen atoms in total. The van der Waals surface area contributed by atoms with Gasteiger partial charge in [-0.2, -0.15) is 8.42 Å². The Hall–Kier alpha value is -1.46. The molecular weight excluding hydrogens is 354 g/mol. The molecule has 1 atom stereocenters. The van der Waals surface area contributed by atoms with Crippen molar-refractivity contribution in [3.63, 3.8) is 0 Å². The molecule has 0 aliphatic rings. The van der Waals surface area contributed by atoms with Gasteiger partial charge in [0.2, 0.25) is 0 Å². The van der Waals surface area contributed by atoms with Gasteiger partial charge in [-0.1, -0.05) is 11.6 Å². The lowest BCUT2D eigenvalue weighted by molar-refractivity contribution is -0.138. The molecule has 122 valence electrons. The lowest BCUT2D eigenvalue weighted by atomic mass is 10.2. The standard InChI is InChI=1S/C11H14ClN3O5S2/c1-5-7(12)2-6(3-9(5)22(18,19)20)15-11(21)14-4-8(13)10(16)17/h2-3,8H,4,13H2,1H3,(H,16,17)(H2,14,15,21)(H,18,19,20). The molecule has 0 spiro atoms. The highest BCUT2D eigenvalue weighted by Crippen LogP contribution is 2.27. The number of carboxylic acid groups (broad SMARTS) is 1. The smallest absolute Gasteiger partial charge is 0.322 e. The van der Waals surface area contributed by atoms with Crippen LogP contribution in [-0.2, 0) is 14.9 Å². The van der Waals surface area contributed by atoms with E-state index < -0.39 is 22.1 Å². The molecule has 0 aliphatic heterocycles. The van der Waals surface area contributed by atoms with Gasteiger partial charge < -0.3 is 21.5 Å². The van der Waals surface area contributed by atoms with E-state index >= 15 is 0 Å². The van der Waals surface area contributed by atoms with E-state index in [1.807, 2.05) is 0 Å². The lowest BCUT2D eigenvalue weighted by Crippen LogP contribution is -2.43. The number of halogens is 1. The van der Waals surface area contributed by atoms with Gasteiger partial charge in [-0.15, -0.1) is 0 Å². The summed E-state index contributed by atoms with van der Waals surface area (Å²) >= 11 is 10.8. The van der Waals surface area contributed by atoms with Gasteiger partial charge in [-0.3, -0.25) is 9.35 Å². The van der Waals surface area contributed by atoms with E-state index in [-0.39, 0.29) is 32.8 Å². The molecule has 0 radical (unpaired) electrons. The minimum Gasteiger partial charge on any atom is -0.480 e. The number of carboxylic acids is 1. The summed E-state index contributed by atoms with van der Waals surface area (Å²) in [5.41, 5.74) is 5.71. The molecule has 1 unspecified atom stereocenters. The maximum Gasteiger partial charge on any atom is 0.322 e. The van der Waals surface area contributed by atoms with Gasteiger partial charge >= 0.3 is 5.97 Å². The Bertz CT molecular complexity index is 708. The van der Waals surface area contributed by atoms with Gasteiger partial charge in [0.05, 0.1) is 0 Å². The molecule has 0 heterocycles. The van der Waals surface area contributed by atoms with Crippen molar-refractivity contribution in [3.8, 4) is 0 Å². The van der Waals surface area contributed by atoms with E-state index in [1.165, 1.54) is 13.0 Å². The van der Waals surface area contributed by atoms with E-state index in [0.29, 0.717) is 0 Å². The molecular formula is C11H14ClN3O5S2. The summed E-state index contributed by atoms with van der Waals surface area (Å²) < 4.78 is 31.7. The Kier molecular flexibility index (Phi) is 6.08. The molecule has 0 fully saturated rings. The third-order valence-corrected chi connectivity index (χ3v) is 4.25. The number of anilines is 1. The SMILES string of the molecule is Cc1c(Cl)cc(NC(=S)NCC(N)C(=O)O)cc1S(=O)(=O)O. The fourth-order valence-corrected chi connectivity index (χ4v) is 2.71. The monoisotopic (exact) mass is 367 g/mol. The fraction of sp³-hybridized carbons (Fsp3) is 0.273. The first-order chi connectivity index (χ1) is 10.0. The first kappa shape index (κ1) is 18.6.